The van der Waals surface area contributed by atoms with E-state index in [0.717, 1.165) is 4.31 Å². The molecule has 106 valence electrons. The lowest BCUT2D eigenvalue weighted by Gasteiger charge is -2.22. The van der Waals surface area contributed by atoms with Crippen LogP contribution in [-0.2, 0) is 14.8 Å². The van der Waals surface area contributed by atoms with Gasteiger partial charge < -0.3 is 4.74 Å². The molecule has 0 aliphatic heterocycles. The number of ether oxygens (including phenoxy) is 1. The van der Waals surface area contributed by atoms with E-state index in [0.29, 0.717) is 18.0 Å². The number of halogens is 1. The Morgan fingerprint density at radius 1 is 1.26 bits per heavy atom. The summed E-state index contributed by atoms with van der Waals surface area (Å²) in [5.41, 5.74) is 0.388. The van der Waals surface area contributed by atoms with Crippen LogP contribution in [0.3, 0.4) is 0 Å². The highest BCUT2D eigenvalue weighted by molar-refractivity contribution is 7.92. The van der Waals surface area contributed by atoms with E-state index in [1.165, 1.54) is 6.92 Å². The number of hydrogen-bond donors (Lipinski definition) is 0. The third-order valence-corrected chi connectivity index (χ3v) is 4.26. The first-order valence-electron chi connectivity index (χ1n) is 5.82. The molecule has 0 saturated heterocycles. The van der Waals surface area contributed by atoms with Crippen molar-refractivity contribution in [1.29, 1.82) is 0 Å². The molecule has 7 heteroatoms. The molecule has 5 nitrogen and oxygen atoms in total. The van der Waals surface area contributed by atoms with Crippen molar-refractivity contribution in [1.82, 2.24) is 0 Å². The fourth-order valence-electron chi connectivity index (χ4n) is 1.49. The van der Waals surface area contributed by atoms with Crippen LogP contribution in [0.1, 0.15) is 13.8 Å². The third-order valence-electron chi connectivity index (χ3n) is 2.40. The molecule has 0 fully saturated rings. The number of carbonyl (C=O) groups is 1. The normalized spacial score (nSPS) is 11.1. The molecule has 0 heterocycles. The van der Waals surface area contributed by atoms with E-state index >= 15 is 0 Å². The second-order valence-electron chi connectivity index (χ2n) is 3.69. The topological polar surface area (TPSA) is 63.7 Å². The zero-order valence-corrected chi connectivity index (χ0v) is 12.4. The molecule has 1 rings (SSSR count). The monoisotopic (exact) mass is 305 g/mol. The summed E-state index contributed by atoms with van der Waals surface area (Å²) < 4.78 is 30.1. The van der Waals surface area contributed by atoms with Crippen molar-refractivity contribution in [2.24, 2.45) is 0 Å². The second-order valence-corrected chi connectivity index (χ2v) is 6.29. The molecule has 0 N–H and O–H groups in total. The Labute approximate surface area is 118 Å². The van der Waals surface area contributed by atoms with Gasteiger partial charge in [0.15, 0.2) is 0 Å². The summed E-state index contributed by atoms with van der Waals surface area (Å²) in [6.07, 6.45) is 0. The summed E-state index contributed by atoms with van der Waals surface area (Å²) >= 11 is 5.30. The lowest BCUT2D eigenvalue weighted by Crippen LogP contribution is -2.35. The van der Waals surface area contributed by atoms with E-state index in [9.17, 15) is 13.2 Å². The van der Waals surface area contributed by atoms with Gasteiger partial charge in [0.25, 0.3) is 0 Å². The second kappa shape index (κ2) is 6.77. The first-order chi connectivity index (χ1) is 8.90. The van der Waals surface area contributed by atoms with Gasteiger partial charge in [-0.2, -0.15) is 0 Å². The molecule has 0 aliphatic rings. The van der Waals surface area contributed by atoms with Crippen LogP contribution < -0.4 is 9.04 Å². The number of nitrogens with zero attached hydrogens (tertiary/aromatic N) is 1. The van der Waals surface area contributed by atoms with Gasteiger partial charge in [-0.05, 0) is 49.7 Å². The minimum Gasteiger partial charge on any atom is -0.494 e. The molecule has 1 aromatic carbocycles. The zero-order valence-electron chi connectivity index (χ0n) is 10.8. The maximum Gasteiger partial charge on any atom is 0.242 e. The average molecular weight is 306 g/mol. The van der Waals surface area contributed by atoms with Crippen LogP contribution in [0, 0.1) is 0 Å². The molecule has 0 spiro atoms. The van der Waals surface area contributed by atoms with Crippen LogP contribution >= 0.6 is 11.6 Å². The summed E-state index contributed by atoms with van der Waals surface area (Å²) in [7, 11) is -3.55. The largest absolute Gasteiger partial charge is 0.494 e. The van der Waals surface area contributed by atoms with E-state index in [1.54, 1.807) is 24.3 Å². The van der Waals surface area contributed by atoms with Crippen molar-refractivity contribution < 1.29 is 17.9 Å². The SMILES string of the molecule is CCOc1ccc(N(CC(=O)Cl)S(=O)(=O)CC)cc1. The van der Waals surface area contributed by atoms with Gasteiger partial charge in [0.05, 0.1) is 18.0 Å². The Morgan fingerprint density at radius 2 is 1.84 bits per heavy atom. The van der Waals surface area contributed by atoms with Crippen LogP contribution in [0.2, 0.25) is 0 Å². The lowest BCUT2D eigenvalue weighted by molar-refractivity contribution is -0.110. The summed E-state index contributed by atoms with van der Waals surface area (Å²) in [6.45, 7) is 3.51. The molecule has 0 atom stereocenters. The highest BCUT2D eigenvalue weighted by atomic mass is 35.5. The minimum absolute atomic E-state index is 0.107. The molecule has 0 saturated carbocycles. The number of anilines is 1. The van der Waals surface area contributed by atoms with E-state index in [4.69, 9.17) is 16.3 Å². The maximum absolute atomic E-state index is 11.9. The first kappa shape index (κ1) is 15.8. The first-order valence-corrected chi connectivity index (χ1v) is 7.81. The molecule has 0 radical (unpaired) electrons. The van der Waals surface area contributed by atoms with Gasteiger partial charge in [-0.15, -0.1) is 0 Å². The molecular formula is C12H16ClNO4S. The Hall–Kier alpha value is -1.27. The van der Waals surface area contributed by atoms with Gasteiger partial charge >= 0.3 is 0 Å². The standard InChI is InChI=1S/C12H16ClNO4S/c1-3-18-11-7-5-10(6-8-11)14(9-12(13)15)19(16,17)4-2/h5-8H,3-4,9H2,1-2H3. The molecule has 0 aromatic heterocycles. The van der Waals surface area contributed by atoms with Crippen LogP contribution in [0.4, 0.5) is 5.69 Å². The highest BCUT2D eigenvalue weighted by Crippen LogP contribution is 2.22. The van der Waals surface area contributed by atoms with Crippen LogP contribution in [0.25, 0.3) is 0 Å². The zero-order chi connectivity index (χ0) is 14.5. The highest BCUT2D eigenvalue weighted by Gasteiger charge is 2.22. The van der Waals surface area contributed by atoms with E-state index < -0.39 is 15.3 Å². The Morgan fingerprint density at radius 3 is 2.26 bits per heavy atom. The number of sulfonamides is 1. The van der Waals surface area contributed by atoms with Gasteiger partial charge in [-0.1, -0.05) is 0 Å². The quantitative estimate of drug-likeness (QED) is 0.723. The van der Waals surface area contributed by atoms with Crippen molar-refractivity contribution in [2.45, 2.75) is 13.8 Å². The molecule has 1 aromatic rings. The van der Waals surface area contributed by atoms with Crippen molar-refractivity contribution >= 4 is 32.6 Å². The fourth-order valence-corrected chi connectivity index (χ4v) is 2.75. The number of rotatable bonds is 7. The summed E-state index contributed by atoms with van der Waals surface area (Å²) in [5, 5.41) is -0.731. The molecule has 0 unspecified atom stereocenters. The van der Waals surface area contributed by atoms with Gasteiger partial charge in [0.2, 0.25) is 15.3 Å². The van der Waals surface area contributed by atoms with Crippen molar-refractivity contribution in [3.05, 3.63) is 24.3 Å². The maximum atomic E-state index is 11.9. The Bertz CT molecular complexity index is 527. The predicted octanol–water partition coefficient (Wildman–Crippen LogP) is 2.01. The van der Waals surface area contributed by atoms with Gasteiger partial charge in [0.1, 0.15) is 12.3 Å². The summed E-state index contributed by atoms with van der Waals surface area (Å²) in [6, 6.07) is 6.46. The molecule has 0 aliphatic carbocycles. The van der Waals surface area contributed by atoms with Gasteiger partial charge in [0, 0.05) is 0 Å². The number of benzene rings is 1. The van der Waals surface area contributed by atoms with Crippen LogP contribution in [-0.4, -0.2) is 32.6 Å². The average Bonchev–Trinajstić information content (AvgIpc) is 2.37. The Kier molecular flexibility index (Phi) is 5.62. The summed E-state index contributed by atoms with van der Waals surface area (Å²) in [4.78, 5) is 11.0. The number of hydrogen-bond acceptors (Lipinski definition) is 4. The minimum atomic E-state index is -3.55. The van der Waals surface area contributed by atoms with Crippen molar-refractivity contribution in [2.75, 3.05) is 23.2 Å². The molecule has 19 heavy (non-hydrogen) atoms. The molecular weight excluding hydrogens is 290 g/mol. The van der Waals surface area contributed by atoms with Gasteiger partial charge in [-0.3, -0.25) is 9.10 Å². The van der Waals surface area contributed by atoms with Crippen molar-refractivity contribution in [3.8, 4) is 5.75 Å². The fraction of sp³-hybridized carbons (Fsp3) is 0.417. The molecule has 0 bridgehead atoms. The lowest BCUT2D eigenvalue weighted by atomic mass is 10.3. The molecule has 0 amide bonds. The Balaban J connectivity index is 3.07. The van der Waals surface area contributed by atoms with Crippen LogP contribution in [0.15, 0.2) is 24.3 Å². The summed E-state index contributed by atoms with van der Waals surface area (Å²) in [5.74, 6) is 0.530. The van der Waals surface area contributed by atoms with E-state index in [1.807, 2.05) is 6.92 Å². The van der Waals surface area contributed by atoms with Gasteiger partial charge in [-0.25, -0.2) is 8.42 Å². The predicted molar refractivity (Wildman–Crippen MR) is 75.3 cm³/mol. The van der Waals surface area contributed by atoms with E-state index in [-0.39, 0.29) is 12.3 Å². The van der Waals surface area contributed by atoms with Crippen molar-refractivity contribution in [3.63, 3.8) is 0 Å². The smallest absolute Gasteiger partial charge is 0.242 e. The number of carbonyl (C=O) groups excluding carboxylic acids is 1. The van der Waals surface area contributed by atoms with Crippen LogP contribution in [0.5, 0.6) is 5.75 Å². The third kappa shape index (κ3) is 4.40. The van der Waals surface area contributed by atoms with E-state index in [2.05, 4.69) is 0 Å².